The summed E-state index contributed by atoms with van der Waals surface area (Å²) in [5.41, 5.74) is 11.7. The summed E-state index contributed by atoms with van der Waals surface area (Å²) >= 11 is 0. The average Bonchev–Trinajstić information content (AvgIpc) is 2.49. The highest BCUT2D eigenvalue weighted by Crippen LogP contribution is 2.19. The van der Waals surface area contributed by atoms with Gasteiger partial charge < -0.3 is 0 Å². The molecule has 0 aliphatic rings. The van der Waals surface area contributed by atoms with E-state index in [9.17, 15) is 0 Å². The van der Waals surface area contributed by atoms with Crippen LogP contribution in [-0.4, -0.2) is 6.54 Å². The van der Waals surface area contributed by atoms with Crippen LogP contribution in [0, 0.1) is 0 Å². The molecule has 0 fully saturated rings. The third kappa shape index (κ3) is 4.02. The van der Waals surface area contributed by atoms with Gasteiger partial charge in [0.05, 0.1) is 0 Å². The highest BCUT2D eigenvalue weighted by atomic mass is 15.1. The van der Waals surface area contributed by atoms with Gasteiger partial charge in [-0.25, -0.2) is 0 Å². The van der Waals surface area contributed by atoms with E-state index in [1.54, 1.807) is 0 Å². The van der Waals surface area contributed by atoms with Gasteiger partial charge >= 0.3 is 0 Å². The van der Waals surface area contributed by atoms with E-state index in [4.69, 9.17) is 5.53 Å². The van der Waals surface area contributed by atoms with Crippen molar-refractivity contribution in [2.45, 2.75) is 6.42 Å². The van der Waals surface area contributed by atoms with Crippen molar-refractivity contribution in [3.8, 4) is 11.1 Å². The maximum atomic E-state index is 8.16. The van der Waals surface area contributed by atoms with Crippen molar-refractivity contribution >= 4 is 6.08 Å². The van der Waals surface area contributed by atoms with Gasteiger partial charge in [0.25, 0.3) is 0 Å². The van der Waals surface area contributed by atoms with Crippen LogP contribution in [-0.2, 0) is 0 Å². The summed E-state index contributed by atoms with van der Waals surface area (Å²) < 4.78 is 0. The number of benzene rings is 2. The molecule has 0 saturated heterocycles. The zero-order chi connectivity index (χ0) is 13.3. The van der Waals surface area contributed by atoms with E-state index in [0.29, 0.717) is 6.54 Å². The van der Waals surface area contributed by atoms with Gasteiger partial charge in [-0.1, -0.05) is 71.9 Å². The Labute approximate surface area is 112 Å². The van der Waals surface area contributed by atoms with Gasteiger partial charge in [0.15, 0.2) is 0 Å². The van der Waals surface area contributed by atoms with Crippen molar-refractivity contribution in [2.75, 3.05) is 6.54 Å². The second-order valence-corrected chi connectivity index (χ2v) is 4.13. The third-order valence-corrected chi connectivity index (χ3v) is 2.79. The molecule has 2 aromatic carbocycles. The highest BCUT2D eigenvalue weighted by molar-refractivity contribution is 5.65. The van der Waals surface area contributed by atoms with Crippen molar-refractivity contribution in [1.82, 2.24) is 0 Å². The lowest BCUT2D eigenvalue weighted by molar-refractivity contribution is 0.996. The van der Waals surface area contributed by atoms with Crippen LogP contribution >= 0.6 is 0 Å². The fourth-order valence-electron chi connectivity index (χ4n) is 1.81. The molecule has 0 aliphatic carbocycles. The number of rotatable bonds is 5. The molecule has 0 unspecified atom stereocenters. The Morgan fingerprint density at radius 1 is 0.947 bits per heavy atom. The molecule has 94 valence electrons. The molecule has 0 amide bonds. The standard InChI is InChI=1S/C16H15N3/c17-19-18-13-5-4-6-14-9-11-16(12-10-14)15-7-2-1-3-8-15/h1-4,6-12H,5,13H2. The second kappa shape index (κ2) is 7.04. The minimum absolute atomic E-state index is 0.509. The lowest BCUT2D eigenvalue weighted by Crippen LogP contribution is -1.78. The van der Waals surface area contributed by atoms with Gasteiger partial charge in [-0.05, 0) is 28.6 Å². The molecule has 0 heterocycles. The molecule has 0 radical (unpaired) electrons. The molecular weight excluding hydrogens is 234 g/mol. The Morgan fingerprint density at radius 3 is 2.32 bits per heavy atom. The molecule has 0 bridgehead atoms. The first kappa shape index (κ1) is 12.9. The Morgan fingerprint density at radius 2 is 1.63 bits per heavy atom. The van der Waals surface area contributed by atoms with E-state index in [1.165, 1.54) is 11.1 Å². The maximum Gasteiger partial charge on any atom is 0.0292 e. The molecule has 19 heavy (non-hydrogen) atoms. The van der Waals surface area contributed by atoms with Gasteiger partial charge in [-0.3, -0.25) is 0 Å². The van der Waals surface area contributed by atoms with E-state index < -0.39 is 0 Å². The van der Waals surface area contributed by atoms with Crippen LogP contribution in [0.2, 0.25) is 0 Å². The lowest BCUT2D eigenvalue weighted by atomic mass is 10.0. The van der Waals surface area contributed by atoms with Crippen LogP contribution in [0.3, 0.4) is 0 Å². The Kier molecular flexibility index (Phi) is 4.79. The first-order valence-electron chi connectivity index (χ1n) is 6.23. The number of azide groups is 1. The largest absolute Gasteiger partial charge is 0.0937 e. The monoisotopic (exact) mass is 249 g/mol. The summed E-state index contributed by atoms with van der Waals surface area (Å²) in [6, 6.07) is 18.7. The summed E-state index contributed by atoms with van der Waals surface area (Å²) in [6.45, 7) is 0.509. The van der Waals surface area contributed by atoms with E-state index in [1.807, 2.05) is 30.4 Å². The van der Waals surface area contributed by atoms with Crippen LogP contribution in [0.15, 0.2) is 65.8 Å². The molecule has 3 heteroatoms. The molecular formula is C16H15N3. The van der Waals surface area contributed by atoms with E-state index >= 15 is 0 Å². The Balaban J connectivity index is 2.01. The van der Waals surface area contributed by atoms with Gasteiger partial charge in [0, 0.05) is 11.5 Å². The van der Waals surface area contributed by atoms with Crippen LogP contribution in [0.4, 0.5) is 0 Å². The zero-order valence-corrected chi connectivity index (χ0v) is 10.6. The molecule has 0 spiro atoms. The summed E-state index contributed by atoms with van der Waals surface area (Å²) in [4.78, 5) is 2.72. The normalized spacial score (nSPS) is 10.3. The maximum absolute atomic E-state index is 8.16. The van der Waals surface area contributed by atoms with Gasteiger partial charge in [-0.2, -0.15) is 0 Å². The lowest BCUT2D eigenvalue weighted by Gasteiger charge is -2.01. The summed E-state index contributed by atoms with van der Waals surface area (Å²) in [5, 5.41) is 3.49. The SMILES string of the molecule is [N-]=[N+]=NCCC=Cc1ccc(-c2ccccc2)cc1. The third-order valence-electron chi connectivity index (χ3n) is 2.79. The zero-order valence-electron chi connectivity index (χ0n) is 10.6. The molecule has 3 nitrogen and oxygen atoms in total. The van der Waals surface area contributed by atoms with Gasteiger partial charge in [-0.15, -0.1) is 0 Å². The van der Waals surface area contributed by atoms with Crippen molar-refractivity contribution in [3.05, 3.63) is 76.7 Å². The molecule has 0 atom stereocenters. The summed E-state index contributed by atoms with van der Waals surface area (Å²) in [6.07, 6.45) is 4.83. The van der Waals surface area contributed by atoms with E-state index in [0.717, 1.165) is 12.0 Å². The van der Waals surface area contributed by atoms with Crippen molar-refractivity contribution in [2.24, 2.45) is 5.11 Å². The molecule has 2 rings (SSSR count). The van der Waals surface area contributed by atoms with E-state index in [-0.39, 0.29) is 0 Å². The highest BCUT2D eigenvalue weighted by Gasteiger charge is 1.95. The predicted octanol–water partition coefficient (Wildman–Crippen LogP) is 5.07. The molecule has 0 saturated carbocycles. The smallest absolute Gasteiger partial charge is 0.0292 e. The summed E-state index contributed by atoms with van der Waals surface area (Å²) in [5.74, 6) is 0. The van der Waals surface area contributed by atoms with Gasteiger partial charge in [0.2, 0.25) is 0 Å². The predicted molar refractivity (Wildman–Crippen MR) is 79.5 cm³/mol. The number of hydrogen-bond donors (Lipinski definition) is 0. The molecule has 0 aromatic heterocycles. The fourth-order valence-corrected chi connectivity index (χ4v) is 1.81. The molecule has 0 aliphatic heterocycles. The Hall–Kier alpha value is -2.51. The van der Waals surface area contributed by atoms with Gasteiger partial charge in [0.1, 0.15) is 0 Å². The molecule has 2 aromatic rings. The number of hydrogen-bond acceptors (Lipinski definition) is 1. The first-order valence-corrected chi connectivity index (χ1v) is 6.23. The first-order chi connectivity index (χ1) is 9.40. The van der Waals surface area contributed by atoms with Crippen LogP contribution in [0.25, 0.3) is 27.6 Å². The summed E-state index contributed by atoms with van der Waals surface area (Å²) in [7, 11) is 0. The average molecular weight is 249 g/mol. The van der Waals surface area contributed by atoms with Crippen LogP contribution in [0.5, 0.6) is 0 Å². The van der Waals surface area contributed by atoms with Crippen molar-refractivity contribution < 1.29 is 0 Å². The van der Waals surface area contributed by atoms with Crippen molar-refractivity contribution in [3.63, 3.8) is 0 Å². The minimum atomic E-state index is 0.509. The van der Waals surface area contributed by atoms with E-state index in [2.05, 4.69) is 46.4 Å². The van der Waals surface area contributed by atoms with Crippen LogP contribution in [0.1, 0.15) is 12.0 Å². The topological polar surface area (TPSA) is 48.8 Å². The second-order valence-electron chi connectivity index (χ2n) is 4.13. The minimum Gasteiger partial charge on any atom is -0.0937 e. The fraction of sp³-hybridized carbons (Fsp3) is 0.125. The number of nitrogens with zero attached hydrogens (tertiary/aromatic N) is 3. The van der Waals surface area contributed by atoms with Crippen molar-refractivity contribution in [1.29, 1.82) is 0 Å². The quantitative estimate of drug-likeness (QED) is 0.307. The molecule has 0 N–H and O–H groups in total. The van der Waals surface area contributed by atoms with Crippen LogP contribution < -0.4 is 0 Å². The Bertz CT molecular complexity index is 579.